The molecule has 0 aliphatic carbocycles. The molecular weight excluding hydrogens is 640 g/mol. The van der Waals surface area contributed by atoms with Gasteiger partial charge in [-0.15, -0.1) is 0 Å². The van der Waals surface area contributed by atoms with Gasteiger partial charge in [0, 0.05) is 12.1 Å². The Morgan fingerprint density at radius 3 is 1.42 bits per heavy atom. The van der Waals surface area contributed by atoms with E-state index in [1.807, 2.05) is 0 Å². The average molecular weight is 695 g/mol. The monoisotopic (exact) mass is 694 g/mol. The van der Waals surface area contributed by atoms with Gasteiger partial charge in [0.15, 0.2) is 0 Å². The van der Waals surface area contributed by atoms with Crippen molar-refractivity contribution in [1.82, 2.24) is 4.72 Å². The number of unbranched alkanes of at least 4 members (excludes halogenated alkanes) is 14. The number of benzene rings is 2. The predicted octanol–water partition coefficient (Wildman–Crippen LogP) is 7.36. The van der Waals surface area contributed by atoms with Crippen molar-refractivity contribution in [2.24, 2.45) is 0 Å². The minimum absolute atomic E-state index is 0.0570. The summed E-state index contributed by atoms with van der Waals surface area (Å²) in [6, 6.07) is 11.6. The second kappa shape index (κ2) is 26.9. The Morgan fingerprint density at radius 1 is 0.625 bits per heavy atom. The summed E-state index contributed by atoms with van der Waals surface area (Å²) in [5.74, 6) is -3.91. The summed E-state index contributed by atoms with van der Waals surface area (Å²) in [5, 5.41) is 33.1. The van der Waals surface area contributed by atoms with Gasteiger partial charge < -0.3 is 26.2 Å². The van der Waals surface area contributed by atoms with Crippen LogP contribution in [0.5, 0.6) is 5.75 Å². The average Bonchev–Trinajstić information content (AvgIpc) is 3.02. The molecule has 2 aromatic carbocycles. The number of hydrogen-bond donors (Lipinski definition) is 6. The van der Waals surface area contributed by atoms with Crippen LogP contribution in [0.2, 0.25) is 0 Å². The smallest absolute Gasteiger partial charge is 0.339 e. The molecule has 0 spiro atoms. The maximum atomic E-state index is 12.1. The number of aromatic hydroxyl groups is 1. The fourth-order valence-corrected chi connectivity index (χ4v) is 5.45. The van der Waals surface area contributed by atoms with Crippen LogP contribution in [0.15, 0.2) is 53.4 Å². The molecule has 2 rings (SSSR count). The van der Waals surface area contributed by atoms with E-state index < -0.39 is 33.8 Å². The predicted molar refractivity (Wildman–Crippen MR) is 185 cm³/mol. The Balaban J connectivity index is 0.000000989. The van der Waals surface area contributed by atoms with E-state index in [-0.39, 0.29) is 35.5 Å². The van der Waals surface area contributed by atoms with Crippen molar-refractivity contribution in [2.75, 3.05) is 5.73 Å². The second-order valence-electron chi connectivity index (χ2n) is 11.4. The highest BCUT2D eigenvalue weighted by atomic mass is 32.2. The molecule has 0 saturated carbocycles. The van der Waals surface area contributed by atoms with Crippen LogP contribution in [0.4, 0.5) is 5.69 Å². The number of carboxylic acid groups (broad SMARTS) is 3. The Labute approximate surface area is 284 Å². The molecular formula is C35H54N2O10S. The van der Waals surface area contributed by atoms with Crippen LogP contribution in [0.3, 0.4) is 0 Å². The number of nitrogens with one attached hydrogen (secondary N) is 1. The Kier molecular flexibility index (Phi) is 24.6. The third-order valence-corrected chi connectivity index (χ3v) is 8.52. The molecule has 0 aliphatic rings. The molecule has 1 amide bonds. The first-order valence-electron chi connectivity index (χ1n) is 16.7. The standard InChI is InChI=1S/C24H42N2O3S.C7H6O3.C4H6O4/c1-2-3-4-5-6-7-8-9-10-11-12-13-14-15-16-17-24(27)26-30(28,29)23-20-18-22(25)19-21-23;8-6-4-2-1-3-5(6)7(9)10;5-3(6)1-2-4(7)8/h18-21H,2-17,25H2,1H3,(H,26,27);1-4,8H,(H,9,10);1-2H2,(H,5,6)(H,7,8). The van der Waals surface area contributed by atoms with Crippen molar-refractivity contribution in [2.45, 2.75) is 127 Å². The molecule has 0 unspecified atom stereocenters. The Hall–Kier alpha value is -4.13. The number of para-hydroxylation sites is 1. The Bertz CT molecular complexity index is 1300. The lowest BCUT2D eigenvalue weighted by Gasteiger charge is -2.07. The first kappa shape index (κ1) is 43.9. The number of carbonyl (C=O) groups is 4. The molecule has 0 aliphatic heterocycles. The largest absolute Gasteiger partial charge is 0.507 e. The van der Waals surface area contributed by atoms with Gasteiger partial charge in [-0.2, -0.15) is 0 Å². The van der Waals surface area contributed by atoms with Gasteiger partial charge in [-0.05, 0) is 42.8 Å². The quantitative estimate of drug-likeness (QED) is 0.0527. The first-order chi connectivity index (χ1) is 22.8. The van der Waals surface area contributed by atoms with E-state index in [1.165, 1.54) is 113 Å². The summed E-state index contributed by atoms with van der Waals surface area (Å²) < 4.78 is 26.4. The van der Waals surface area contributed by atoms with Crippen molar-refractivity contribution < 1.29 is 48.0 Å². The number of phenols is 1. The highest BCUT2D eigenvalue weighted by Crippen LogP contribution is 2.16. The van der Waals surface area contributed by atoms with Crippen molar-refractivity contribution in [3.05, 3.63) is 54.1 Å². The van der Waals surface area contributed by atoms with Crippen LogP contribution in [0.1, 0.15) is 133 Å². The lowest BCUT2D eigenvalue weighted by atomic mass is 10.0. The lowest BCUT2D eigenvalue weighted by Crippen LogP contribution is -2.30. The number of nitrogens with two attached hydrogens (primary N) is 1. The maximum absolute atomic E-state index is 12.1. The molecule has 0 aromatic heterocycles. The molecule has 12 nitrogen and oxygen atoms in total. The Morgan fingerprint density at radius 2 is 1.04 bits per heavy atom. The van der Waals surface area contributed by atoms with Crippen molar-refractivity contribution in [3.63, 3.8) is 0 Å². The minimum Gasteiger partial charge on any atom is -0.507 e. The number of sulfonamides is 1. The van der Waals surface area contributed by atoms with E-state index >= 15 is 0 Å². The summed E-state index contributed by atoms with van der Waals surface area (Å²) >= 11 is 0. The van der Waals surface area contributed by atoms with Gasteiger partial charge in [0.1, 0.15) is 11.3 Å². The van der Waals surface area contributed by atoms with E-state index in [0.717, 1.165) is 19.3 Å². The molecule has 13 heteroatoms. The van der Waals surface area contributed by atoms with E-state index in [0.29, 0.717) is 5.69 Å². The van der Waals surface area contributed by atoms with Crippen LogP contribution in [0, 0.1) is 0 Å². The van der Waals surface area contributed by atoms with Crippen LogP contribution in [0.25, 0.3) is 0 Å². The zero-order chi connectivity index (χ0) is 36.2. The summed E-state index contributed by atoms with van der Waals surface area (Å²) in [6.45, 7) is 2.26. The highest BCUT2D eigenvalue weighted by Gasteiger charge is 2.17. The third kappa shape index (κ3) is 24.1. The fourth-order valence-electron chi connectivity index (χ4n) is 4.43. The van der Waals surface area contributed by atoms with Gasteiger partial charge >= 0.3 is 17.9 Å². The SMILES string of the molecule is CCCCCCCCCCCCCCCCCC(=O)NS(=O)(=O)c1ccc(N)cc1.O=C(O)CCC(=O)O.O=C(O)c1ccccc1O. The van der Waals surface area contributed by atoms with Gasteiger partial charge in [-0.1, -0.05) is 109 Å². The first-order valence-corrected chi connectivity index (χ1v) is 18.1. The number of hydrogen-bond acceptors (Lipinski definition) is 8. The number of carboxylic acids is 3. The van der Waals surface area contributed by atoms with Gasteiger partial charge in [0.2, 0.25) is 5.91 Å². The van der Waals surface area contributed by atoms with E-state index in [2.05, 4.69) is 11.6 Å². The number of anilines is 1. The van der Waals surface area contributed by atoms with E-state index in [9.17, 15) is 27.6 Å². The van der Waals surface area contributed by atoms with Crippen LogP contribution in [-0.2, 0) is 24.4 Å². The highest BCUT2D eigenvalue weighted by molar-refractivity contribution is 7.90. The minimum atomic E-state index is -3.80. The van der Waals surface area contributed by atoms with Crippen LogP contribution in [-0.4, -0.2) is 52.7 Å². The normalized spacial score (nSPS) is 10.5. The maximum Gasteiger partial charge on any atom is 0.339 e. The third-order valence-electron chi connectivity index (χ3n) is 7.13. The molecule has 48 heavy (non-hydrogen) atoms. The summed E-state index contributed by atoms with van der Waals surface area (Å²) in [4.78, 5) is 41.5. The zero-order valence-electron chi connectivity index (χ0n) is 28.1. The van der Waals surface area contributed by atoms with Gasteiger partial charge in [-0.3, -0.25) is 14.4 Å². The second-order valence-corrected chi connectivity index (χ2v) is 13.1. The van der Waals surface area contributed by atoms with Gasteiger partial charge in [-0.25, -0.2) is 17.9 Å². The summed E-state index contributed by atoms with van der Waals surface area (Å²) in [6.07, 6.45) is 18.6. The molecule has 0 fully saturated rings. The number of nitrogen functional groups attached to an aromatic ring is 1. The van der Waals surface area contributed by atoms with Crippen molar-refractivity contribution >= 4 is 39.5 Å². The molecule has 7 N–H and O–H groups in total. The van der Waals surface area contributed by atoms with Gasteiger partial charge in [0.05, 0.1) is 17.7 Å². The van der Waals surface area contributed by atoms with Gasteiger partial charge in [0.25, 0.3) is 10.0 Å². The molecule has 0 radical (unpaired) electrons. The summed E-state index contributed by atoms with van der Waals surface area (Å²) in [5.41, 5.74) is 5.98. The molecule has 0 atom stereocenters. The fraction of sp³-hybridized carbons (Fsp3) is 0.543. The lowest BCUT2D eigenvalue weighted by molar-refractivity contribution is -0.143. The van der Waals surface area contributed by atoms with Crippen molar-refractivity contribution in [3.8, 4) is 5.75 Å². The van der Waals surface area contributed by atoms with Crippen molar-refractivity contribution in [1.29, 1.82) is 0 Å². The number of amides is 1. The summed E-state index contributed by atoms with van der Waals surface area (Å²) in [7, 11) is -3.80. The zero-order valence-corrected chi connectivity index (χ0v) is 28.9. The molecule has 2 aromatic rings. The molecule has 0 bridgehead atoms. The number of aromatic carboxylic acids is 1. The van der Waals surface area contributed by atoms with Crippen LogP contribution >= 0.6 is 0 Å². The molecule has 0 heterocycles. The molecule has 270 valence electrons. The topological polar surface area (TPSA) is 221 Å². The number of aliphatic carboxylic acids is 2. The number of carbonyl (C=O) groups excluding carboxylic acids is 1. The van der Waals surface area contributed by atoms with E-state index in [4.69, 9.17) is 26.2 Å². The van der Waals surface area contributed by atoms with Crippen LogP contribution < -0.4 is 10.5 Å². The van der Waals surface area contributed by atoms with E-state index in [1.54, 1.807) is 12.1 Å². The number of rotatable bonds is 22. The molecule has 0 saturated heterocycles.